The van der Waals surface area contributed by atoms with Crippen molar-refractivity contribution < 1.29 is 27.8 Å². The van der Waals surface area contributed by atoms with Crippen LogP contribution < -0.4 is 20.1 Å². The van der Waals surface area contributed by atoms with Crippen molar-refractivity contribution in [2.75, 3.05) is 32.7 Å². The van der Waals surface area contributed by atoms with E-state index in [2.05, 4.69) is 30.3 Å². The van der Waals surface area contributed by atoms with Gasteiger partial charge in [0, 0.05) is 30.0 Å². The van der Waals surface area contributed by atoms with Crippen molar-refractivity contribution >= 4 is 23.2 Å². The number of hydrogen-bond donors (Lipinski definition) is 2. The lowest BCUT2D eigenvalue weighted by atomic mass is 9.92. The summed E-state index contributed by atoms with van der Waals surface area (Å²) in [5, 5.41) is 8.19. The molecule has 2 aromatic heterocycles. The standard InChI is InChI=1S/C19H25F2N5O4S/c1-11-10-31-17(23-11)15-25-14(24-12-4-6-19(20,21)7-5-12)13(28-2)16(26-15)30-9-8-22-18(27)29-3/h10,12H,4-9H2,1-3H3,(H,22,27)(H,24,25,26). The Labute approximate surface area is 182 Å². The molecule has 9 nitrogen and oxygen atoms in total. The number of methoxy groups -OCH3 is 2. The molecule has 0 atom stereocenters. The fraction of sp³-hybridized carbons (Fsp3) is 0.579. The number of alkyl halides is 2. The predicted molar refractivity (Wildman–Crippen MR) is 111 cm³/mol. The van der Waals surface area contributed by atoms with E-state index in [9.17, 15) is 13.6 Å². The van der Waals surface area contributed by atoms with Gasteiger partial charge in [-0.3, -0.25) is 0 Å². The summed E-state index contributed by atoms with van der Waals surface area (Å²) >= 11 is 1.38. The average molecular weight is 458 g/mol. The van der Waals surface area contributed by atoms with Gasteiger partial charge in [-0.25, -0.2) is 23.5 Å². The molecule has 2 N–H and O–H groups in total. The van der Waals surface area contributed by atoms with Crippen LogP contribution in [0.5, 0.6) is 11.6 Å². The average Bonchev–Trinajstić information content (AvgIpc) is 3.18. The molecule has 12 heteroatoms. The lowest BCUT2D eigenvalue weighted by Crippen LogP contribution is -2.32. The first-order chi connectivity index (χ1) is 14.8. The lowest BCUT2D eigenvalue weighted by molar-refractivity contribution is -0.0361. The molecule has 0 spiro atoms. The number of aromatic nitrogens is 3. The molecule has 2 heterocycles. The summed E-state index contributed by atoms with van der Waals surface area (Å²) in [4.78, 5) is 24.6. The minimum Gasteiger partial charge on any atom is -0.489 e. The number of carbonyl (C=O) groups is 1. The third-order valence-corrected chi connectivity index (χ3v) is 5.66. The molecular weight excluding hydrogens is 432 g/mol. The zero-order valence-corrected chi connectivity index (χ0v) is 18.4. The Morgan fingerprint density at radius 1 is 1.26 bits per heavy atom. The predicted octanol–water partition coefficient (Wildman–Crippen LogP) is 3.64. The minimum atomic E-state index is -2.63. The lowest BCUT2D eigenvalue weighted by Gasteiger charge is -2.29. The van der Waals surface area contributed by atoms with E-state index in [-0.39, 0.29) is 43.7 Å². The van der Waals surface area contributed by atoms with Crippen LogP contribution in [-0.2, 0) is 4.74 Å². The van der Waals surface area contributed by atoms with Crippen molar-refractivity contribution in [3.8, 4) is 22.5 Å². The molecule has 1 aliphatic rings. The Bertz CT molecular complexity index is 901. The maximum atomic E-state index is 13.5. The van der Waals surface area contributed by atoms with E-state index in [0.29, 0.717) is 29.5 Å². The normalized spacial score (nSPS) is 15.9. The van der Waals surface area contributed by atoms with Crippen LogP contribution in [-0.4, -0.2) is 60.4 Å². The van der Waals surface area contributed by atoms with Gasteiger partial charge < -0.3 is 24.8 Å². The first kappa shape index (κ1) is 22.9. The molecule has 3 rings (SSSR count). The number of halogens is 2. The van der Waals surface area contributed by atoms with Gasteiger partial charge in [-0.2, -0.15) is 4.98 Å². The van der Waals surface area contributed by atoms with Gasteiger partial charge in [0.25, 0.3) is 5.88 Å². The first-order valence-electron chi connectivity index (χ1n) is 9.79. The number of ether oxygens (including phenoxy) is 3. The van der Waals surface area contributed by atoms with Gasteiger partial charge in [0.15, 0.2) is 16.6 Å². The van der Waals surface area contributed by atoms with Crippen molar-refractivity contribution in [2.45, 2.75) is 44.6 Å². The van der Waals surface area contributed by atoms with Gasteiger partial charge in [-0.1, -0.05) is 0 Å². The number of alkyl carbamates (subject to hydrolysis) is 1. The second kappa shape index (κ2) is 10.0. The van der Waals surface area contributed by atoms with Crippen LogP contribution in [0.2, 0.25) is 0 Å². The molecule has 1 amide bonds. The summed E-state index contributed by atoms with van der Waals surface area (Å²) in [5.41, 5.74) is 0.827. The second-order valence-corrected chi connectivity index (χ2v) is 7.93. The molecule has 170 valence electrons. The summed E-state index contributed by atoms with van der Waals surface area (Å²) in [6.07, 6.45) is -0.317. The highest BCUT2D eigenvalue weighted by atomic mass is 32.1. The number of nitrogens with zero attached hydrogens (tertiary/aromatic N) is 3. The van der Waals surface area contributed by atoms with Crippen molar-refractivity contribution in [3.63, 3.8) is 0 Å². The zero-order valence-electron chi connectivity index (χ0n) is 17.5. The third kappa shape index (κ3) is 6.12. The molecule has 0 aromatic carbocycles. The Kier molecular flexibility index (Phi) is 7.42. The van der Waals surface area contributed by atoms with Crippen LogP contribution >= 0.6 is 11.3 Å². The number of hydrogen-bond acceptors (Lipinski definition) is 9. The Morgan fingerprint density at radius 2 is 2.00 bits per heavy atom. The maximum Gasteiger partial charge on any atom is 0.406 e. The number of anilines is 1. The van der Waals surface area contributed by atoms with Gasteiger partial charge in [0.2, 0.25) is 11.7 Å². The van der Waals surface area contributed by atoms with E-state index < -0.39 is 12.0 Å². The van der Waals surface area contributed by atoms with Crippen LogP contribution in [0.1, 0.15) is 31.4 Å². The molecule has 1 fully saturated rings. The van der Waals surface area contributed by atoms with Gasteiger partial charge in [-0.05, 0) is 19.8 Å². The summed E-state index contributed by atoms with van der Waals surface area (Å²) < 4.78 is 42.8. The number of carbonyl (C=O) groups excluding carboxylic acids is 1. The van der Waals surface area contributed by atoms with Crippen molar-refractivity contribution in [1.29, 1.82) is 0 Å². The monoisotopic (exact) mass is 457 g/mol. The Balaban J connectivity index is 1.83. The molecule has 0 radical (unpaired) electrons. The summed E-state index contributed by atoms with van der Waals surface area (Å²) in [7, 11) is 2.72. The smallest absolute Gasteiger partial charge is 0.406 e. The highest BCUT2D eigenvalue weighted by Gasteiger charge is 2.35. The molecule has 1 aliphatic carbocycles. The van der Waals surface area contributed by atoms with Gasteiger partial charge in [0.05, 0.1) is 20.8 Å². The molecule has 0 aliphatic heterocycles. The summed E-state index contributed by atoms with van der Waals surface area (Å²) in [5.74, 6) is -1.52. The zero-order chi connectivity index (χ0) is 22.4. The molecule has 0 bridgehead atoms. The van der Waals surface area contributed by atoms with Crippen LogP contribution in [0.15, 0.2) is 5.38 Å². The van der Waals surface area contributed by atoms with Crippen LogP contribution in [0.3, 0.4) is 0 Å². The fourth-order valence-corrected chi connectivity index (χ4v) is 3.84. The van der Waals surface area contributed by atoms with Crippen molar-refractivity contribution in [2.24, 2.45) is 0 Å². The highest BCUT2D eigenvalue weighted by Crippen LogP contribution is 2.38. The van der Waals surface area contributed by atoms with Crippen LogP contribution in [0.4, 0.5) is 19.4 Å². The SMILES string of the molecule is COC(=O)NCCOc1nc(-c2nc(C)cs2)nc(NC2CCC(F)(F)CC2)c1OC. The number of aryl methyl sites for hydroxylation is 1. The van der Waals surface area contributed by atoms with Gasteiger partial charge in [0.1, 0.15) is 6.61 Å². The number of nitrogens with one attached hydrogen (secondary N) is 2. The Hall–Kier alpha value is -2.76. The van der Waals surface area contributed by atoms with Crippen molar-refractivity contribution in [1.82, 2.24) is 20.3 Å². The van der Waals surface area contributed by atoms with Crippen LogP contribution in [0, 0.1) is 6.92 Å². The summed E-state index contributed by atoms with van der Waals surface area (Å²) in [6.45, 7) is 2.15. The van der Waals surface area contributed by atoms with Crippen molar-refractivity contribution in [3.05, 3.63) is 11.1 Å². The second-order valence-electron chi connectivity index (χ2n) is 7.07. The number of rotatable bonds is 8. The minimum absolute atomic E-state index is 0.105. The van der Waals surface area contributed by atoms with E-state index in [1.165, 1.54) is 25.6 Å². The van der Waals surface area contributed by atoms with E-state index >= 15 is 0 Å². The summed E-state index contributed by atoms with van der Waals surface area (Å²) in [6, 6.07) is -0.178. The molecule has 0 saturated heterocycles. The largest absolute Gasteiger partial charge is 0.489 e. The molecule has 1 saturated carbocycles. The van der Waals surface area contributed by atoms with Gasteiger partial charge >= 0.3 is 6.09 Å². The maximum absolute atomic E-state index is 13.5. The Morgan fingerprint density at radius 3 is 2.61 bits per heavy atom. The molecule has 31 heavy (non-hydrogen) atoms. The van der Waals surface area contributed by atoms with E-state index in [0.717, 1.165) is 5.69 Å². The van der Waals surface area contributed by atoms with E-state index in [1.54, 1.807) is 0 Å². The quantitative estimate of drug-likeness (QED) is 0.579. The number of thiazole rings is 1. The topological polar surface area (TPSA) is 107 Å². The van der Waals surface area contributed by atoms with Crippen LogP contribution in [0.25, 0.3) is 10.8 Å². The first-order valence-corrected chi connectivity index (χ1v) is 10.7. The third-order valence-electron chi connectivity index (χ3n) is 4.70. The van der Waals surface area contributed by atoms with E-state index in [1.807, 2.05) is 12.3 Å². The molecule has 2 aromatic rings. The van der Waals surface area contributed by atoms with Gasteiger partial charge in [-0.15, -0.1) is 11.3 Å². The molecular formula is C19H25F2N5O4S. The van der Waals surface area contributed by atoms with E-state index in [4.69, 9.17) is 9.47 Å². The molecule has 0 unspecified atom stereocenters. The highest BCUT2D eigenvalue weighted by molar-refractivity contribution is 7.13. The fourth-order valence-electron chi connectivity index (χ4n) is 3.11. The number of amides is 1.